The molecule has 0 aromatic heterocycles. The molecule has 8 heteroatoms. The highest BCUT2D eigenvalue weighted by Gasteiger charge is 2.41. The van der Waals surface area contributed by atoms with Gasteiger partial charge in [0.25, 0.3) is 0 Å². The van der Waals surface area contributed by atoms with Crippen LogP contribution in [0.2, 0.25) is 0 Å². The number of hydrogen-bond donors (Lipinski definition) is 0. The van der Waals surface area contributed by atoms with Crippen LogP contribution in [0.15, 0.2) is 59.6 Å². The lowest BCUT2D eigenvalue weighted by Crippen LogP contribution is -2.57. The number of carbonyl (C=O) groups is 2. The molecular formula is C29H33N3O5. The third kappa shape index (κ3) is 5.69. The minimum atomic E-state index is -0.811. The first kappa shape index (κ1) is 26.0. The molecule has 0 saturated carbocycles. The monoisotopic (exact) mass is 503 g/mol. The number of aryl methyl sites for hydroxylation is 1. The second kappa shape index (κ2) is 9.42. The number of anilines is 1. The Morgan fingerprint density at radius 3 is 1.97 bits per heavy atom. The predicted molar refractivity (Wildman–Crippen MR) is 145 cm³/mol. The lowest BCUT2D eigenvalue weighted by atomic mass is 10.0. The number of hydrogen-bond acceptors (Lipinski definition) is 6. The quantitative estimate of drug-likeness (QED) is 0.371. The van der Waals surface area contributed by atoms with E-state index in [-0.39, 0.29) is 5.84 Å². The summed E-state index contributed by atoms with van der Waals surface area (Å²) in [5.41, 5.74) is 0.875. The van der Waals surface area contributed by atoms with Crippen LogP contribution in [0, 0.1) is 6.92 Å². The third-order valence-corrected chi connectivity index (χ3v) is 5.42. The number of rotatable bonds is 2. The topological polar surface area (TPSA) is 80.7 Å². The van der Waals surface area contributed by atoms with Crippen molar-refractivity contribution >= 4 is 40.2 Å². The molecule has 0 N–H and O–H groups in total. The third-order valence-electron chi connectivity index (χ3n) is 5.42. The largest absolute Gasteiger partial charge is 0.497 e. The van der Waals surface area contributed by atoms with Gasteiger partial charge in [0.2, 0.25) is 0 Å². The Kier molecular flexibility index (Phi) is 6.62. The SMILES string of the molecule is COc1ccc2cc(C3=Nc4ccc(C)cc4N(C(=O)OC(C)(C)C)N3C(=O)OC(C)(C)C)ccc2c1. The predicted octanol–water partition coefficient (Wildman–Crippen LogP) is 7.14. The van der Waals surface area contributed by atoms with Crippen molar-refractivity contribution < 1.29 is 23.8 Å². The smallest absolute Gasteiger partial charge is 0.436 e. The highest BCUT2D eigenvalue weighted by atomic mass is 16.6. The molecule has 0 bridgehead atoms. The van der Waals surface area contributed by atoms with Crippen molar-refractivity contribution in [3.05, 3.63) is 65.7 Å². The van der Waals surface area contributed by atoms with E-state index in [1.165, 1.54) is 5.01 Å². The van der Waals surface area contributed by atoms with Gasteiger partial charge in [-0.05, 0) is 95.1 Å². The molecule has 2 amide bonds. The van der Waals surface area contributed by atoms with E-state index in [2.05, 4.69) is 0 Å². The van der Waals surface area contributed by atoms with Crippen LogP contribution >= 0.6 is 0 Å². The van der Waals surface area contributed by atoms with E-state index in [1.54, 1.807) is 54.7 Å². The fraction of sp³-hybridized carbons (Fsp3) is 0.345. The molecule has 3 aromatic carbocycles. The van der Waals surface area contributed by atoms with E-state index in [0.717, 1.165) is 27.1 Å². The van der Waals surface area contributed by atoms with Crippen molar-refractivity contribution in [3.63, 3.8) is 0 Å². The Balaban J connectivity index is 1.93. The number of hydrazine groups is 1. The maximum atomic E-state index is 13.7. The van der Waals surface area contributed by atoms with Crippen LogP contribution in [0.3, 0.4) is 0 Å². The highest BCUT2D eigenvalue weighted by molar-refractivity contribution is 6.15. The number of benzene rings is 3. The molecule has 1 aliphatic rings. The zero-order chi connectivity index (χ0) is 27.1. The molecule has 194 valence electrons. The van der Waals surface area contributed by atoms with Crippen LogP contribution in [-0.2, 0) is 9.47 Å². The molecule has 37 heavy (non-hydrogen) atoms. The van der Waals surface area contributed by atoms with Gasteiger partial charge in [-0.2, -0.15) is 10.0 Å². The van der Waals surface area contributed by atoms with Gasteiger partial charge < -0.3 is 14.2 Å². The Labute approximate surface area is 217 Å². The maximum absolute atomic E-state index is 13.7. The summed E-state index contributed by atoms with van der Waals surface area (Å²) in [6.07, 6.45) is -1.47. The van der Waals surface area contributed by atoms with E-state index in [9.17, 15) is 9.59 Å². The normalized spacial score (nSPS) is 13.7. The summed E-state index contributed by atoms with van der Waals surface area (Å²) in [6, 6.07) is 16.9. The Bertz CT molecular complexity index is 1400. The molecule has 0 saturated heterocycles. The number of aliphatic imine (C=N–C) groups is 1. The molecular weight excluding hydrogens is 470 g/mol. The zero-order valence-corrected chi connectivity index (χ0v) is 22.6. The van der Waals surface area contributed by atoms with Crippen molar-refractivity contribution in [2.75, 3.05) is 12.1 Å². The van der Waals surface area contributed by atoms with E-state index in [0.29, 0.717) is 16.9 Å². The van der Waals surface area contributed by atoms with Crippen LogP contribution < -0.4 is 9.75 Å². The van der Waals surface area contributed by atoms with Crippen LogP contribution in [0.1, 0.15) is 52.7 Å². The van der Waals surface area contributed by atoms with Gasteiger partial charge in [0, 0.05) is 5.56 Å². The summed E-state index contributed by atoms with van der Waals surface area (Å²) in [6.45, 7) is 12.5. The zero-order valence-electron chi connectivity index (χ0n) is 22.6. The number of amides is 2. The molecule has 0 atom stereocenters. The summed E-state index contributed by atoms with van der Waals surface area (Å²) in [4.78, 5) is 32.1. The fourth-order valence-corrected chi connectivity index (χ4v) is 3.90. The average Bonchev–Trinajstić information content (AvgIpc) is 2.79. The van der Waals surface area contributed by atoms with E-state index in [1.807, 2.05) is 55.5 Å². The van der Waals surface area contributed by atoms with Gasteiger partial charge in [-0.15, -0.1) is 0 Å². The molecule has 8 nitrogen and oxygen atoms in total. The summed E-state index contributed by atoms with van der Waals surface area (Å²) in [5.74, 6) is 0.986. The van der Waals surface area contributed by atoms with Crippen LogP contribution in [0.4, 0.5) is 21.0 Å². The van der Waals surface area contributed by atoms with Crippen LogP contribution in [-0.4, -0.2) is 41.3 Å². The first-order valence-electron chi connectivity index (χ1n) is 12.1. The van der Waals surface area contributed by atoms with Crippen molar-refractivity contribution in [3.8, 4) is 5.75 Å². The van der Waals surface area contributed by atoms with E-state index >= 15 is 0 Å². The Hall–Kier alpha value is -4.07. The number of methoxy groups -OCH3 is 1. The van der Waals surface area contributed by atoms with Gasteiger partial charge in [0.1, 0.15) is 17.0 Å². The highest BCUT2D eigenvalue weighted by Crippen LogP contribution is 2.38. The molecule has 3 aromatic rings. The molecule has 0 aliphatic carbocycles. The first-order valence-corrected chi connectivity index (χ1v) is 12.1. The number of ether oxygens (including phenoxy) is 3. The lowest BCUT2D eigenvalue weighted by molar-refractivity contribution is 0.0256. The summed E-state index contributed by atoms with van der Waals surface area (Å²) in [7, 11) is 1.62. The van der Waals surface area contributed by atoms with Gasteiger partial charge in [-0.1, -0.05) is 24.3 Å². The van der Waals surface area contributed by atoms with Gasteiger partial charge in [0.05, 0.1) is 18.5 Å². The number of nitrogens with zero attached hydrogens (tertiary/aromatic N) is 3. The van der Waals surface area contributed by atoms with Crippen molar-refractivity contribution in [2.45, 2.75) is 59.7 Å². The van der Waals surface area contributed by atoms with Gasteiger partial charge in [0.15, 0.2) is 5.84 Å². The second-order valence-electron chi connectivity index (χ2n) is 10.9. The molecule has 1 aliphatic heterocycles. The Morgan fingerprint density at radius 1 is 0.757 bits per heavy atom. The van der Waals surface area contributed by atoms with Crippen LogP contribution in [0.25, 0.3) is 10.8 Å². The summed E-state index contributed by atoms with van der Waals surface area (Å²) >= 11 is 0. The van der Waals surface area contributed by atoms with Crippen molar-refractivity contribution in [1.29, 1.82) is 0 Å². The molecule has 4 rings (SSSR count). The summed E-state index contributed by atoms with van der Waals surface area (Å²) < 4.78 is 16.8. The molecule has 0 fully saturated rings. The average molecular weight is 504 g/mol. The van der Waals surface area contributed by atoms with Crippen molar-refractivity contribution in [2.24, 2.45) is 4.99 Å². The molecule has 0 radical (unpaired) electrons. The van der Waals surface area contributed by atoms with Crippen molar-refractivity contribution in [1.82, 2.24) is 5.01 Å². The summed E-state index contributed by atoms with van der Waals surface area (Å²) in [5, 5.41) is 4.25. The fourth-order valence-electron chi connectivity index (χ4n) is 3.90. The van der Waals surface area contributed by atoms with Crippen LogP contribution in [0.5, 0.6) is 5.75 Å². The minimum absolute atomic E-state index is 0.245. The number of amidine groups is 1. The minimum Gasteiger partial charge on any atom is -0.497 e. The second-order valence-corrected chi connectivity index (χ2v) is 10.9. The van der Waals surface area contributed by atoms with E-state index in [4.69, 9.17) is 19.2 Å². The molecule has 1 heterocycles. The lowest BCUT2D eigenvalue weighted by Gasteiger charge is -2.39. The maximum Gasteiger partial charge on any atom is 0.436 e. The number of carbonyl (C=O) groups excluding carboxylic acids is 2. The molecule has 0 unspecified atom stereocenters. The van der Waals surface area contributed by atoms with E-state index < -0.39 is 23.4 Å². The van der Waals surface area contributed by atoms with Gasteiger partial charge in [-0.25, -0.2) is 14.6 Å². The number of fused-ring (bicyclic) bond motifs is 2. The first-order chi connectivity index (χ1) is 17.3. The van der Waals surface area contributed by atoms with Gasteiger partial charge in [-0.3, -0.25) is 0 Å². The molecule has 0 spiro atoms. The Morgan fingerprint density at radius 2 is 1.35 bits per heavy atom. The van der Waals surface area contributed by atoms with Gasteiger partial charge >= 0.3 is 12.2 Å². The standard InChI is InChI=1S/C29H33N3O5/c1-18-9-14-23-24(15-18)31(26(33)36-28(2,3)4)32(27(34)37-29(5,6)7)25(30-23)21-11-10-20-17-22(35-8)13-12-19(20)16-21/h9-17H,1-8H3.